The zero-order valence-electron chi connectivity index (χ0n) is 17.6. The molecular weight excluding hydrogens is 306 g/mol. The number of carbonyl (C=O) groups excluding carboxylic acids is 1. The lowest BCUT2D eigenvalue weighted by Gasteiger charge is -2.03. The number of isocyanates is 1. The van der Waals surface area contributed by atoms with Gasteiger partial charge in [0.2, 0.25) is 6.08 Å². The van der Waals surface area contributed by atoms with E-state index in [1.54, 1.807) is 0 Å². The Kier molecular flexibility index (Phi) is 30.0. The van der Waals surface area contributed by atoms with E-state index < -0.39 is 0 Å². The molecule has 0 radical (unpaired) electrons. The maximum Gasteiger partial charge on any atom is 0.231 e. The van der Waals surface area contributed by atoms with E-state index in [1.807, 2.05) is 0 Å². The van der Waals surface area contributed by atoms with E-state index >= 15 is 0 Å². The molecule has 0 heterocycles. The monoisotopic (exact) mass is 353 g/mol. The van der Waals surface area contributed by atoms with Crippen LogP contribution >= 0.6 is 0 Å². The highest BCUT2D eigenvalue weighted by molar-refractivity contribution is 5.26. The molecule has 0 amide bonds. The molecule has 0 aromatic rings. The summed E-state index contributed by atoms with van der Waals surface area (Å²) in [5.41, 5.74) is 0. The van der Waals surface area contributed by atoms with Crippen molar-refractivity contribution in [2.24, 2.45) is 0 Å². The van der Waals surface area contributed by atoms with E-state index in [9.17, 15) is 0 Å². The molecule has 0 rings (SSSR count). The Labute approximate surface area is 159 Å². The Morgan fingerprint density at radius 2 is 0.560 bits per heavy atom. The van der Waals surface area contributed by atoms with Crippen molar-refractivity contribution in [1.29, 1.82) is 5.41 Å². The first-order valence-electron chi connectivity index (χ1n) is 11.4. The maximum atomic E-state index is 8.35. The first kappa shape index (κ1) is 26.6. The lowest BCUT2D eigenvalue weighted by molar-refractivity contribution is 0.523. The average Bonchev–Trinajstić information content (AvgIpc) is 2.61. The molecule has 0 atom stereocenters. The minimum absolute atomic E-state index is 0.750. The van der Waals surface area contributed by atoms with E-state index in [0.717, 1.165) is 6.08 Å². The fourth-order valence-corrected chi connectivity index (χ4v) is 3.33. The molecule has 1 N–H and O–H groups in total. The molecule has 0 bridgehead atoms. The fourth-order valence-electron chi connectivity index (χ4n) is 3.33. The summed E-state index contributed by atoms with van der Waals surface area (Å²) in [6, 6.07) is 0. The summed E-state index contributed by atoms with van der Waals surface area (Å²) in [7, 11) is 0. The summed E-state index contributed by atoms with van der Waals surface area (Å²) in [6.07, 6.45) is 30.2. The van der Waals surface area contributed by atoms with Gasteiger partial charge in [-0.15, -0.1) is 0 Å². The second-order valence-electron chi connectivity index (χ2n) is 7.47. The van der Waals surface area contributed by atoms with Gasteiger partial charge in [-0.1, -0.05) is 142 Å². The van der Waals surface area contributed by atoms with E-state index in [0.29, 0.717) is 0 Å². The SMILES string of the molecule is CCCCCCCCCCCCCCCCCCCCCC.N=C=O. The molecule has 0 spiro atoms. The third-order valence-electron chi connectivity index (χ3n) is 4.96. The third kappa shape index (κ3) is 31.6. The summed E-state index contributed by atoms with van der Waals surface area (Å²) in [5, 5.41) is 5.40. The van der Waals surface area contributed by atoms with Crippen LogP contribution in [-0.2, 0) is 4.79 Å². The van der Waals surface area contributed by atoms with Crippen LogP contribution in [0.4, 0.5) is 0 Å². The van der Waals surface area contributed by atoms with Crippen molar-refractivity contribution >= 4 is 6.08 Å². The molecule has 0 aliphatic carbocycles. The van der Waals surface area contributed by atoms with Crippen molar-refractivity contribution in [2.45, 2.75) is 142 Å². The minimum Gasteiger partial charge on any atom is -0.222 e. The van der Waals surface area contributed by atoms with Crippen LogP contribution in [-0.4, -0.2) is 6.08 Å². The van der Waals surface area contributed by atoms with Crippen LogP contribution < -0.4 is 0 Å². The van der Waals surface area contributed by atoms with Gasteiger partial charge in [0.05, 0.1) is 0 Å². The van der Waals surface area contributed by atoms with Gasteiger partial charge in [-0.05, 0) is 0 Å². The van der Waals surface area contributed by atoms with Gasteiger partial charge in [0.15, 0.2) is 0 Å². The number of nitrogens with one attached hydrogen (secondary N) is 1. The van der Waals surface area contributed by atoms with E-state index in [-0.39, 0.29) is 0 Å². The van der Waals surface area contributed by atoms with Gasteiger partial charge in [0.1, 0.15) is 0 Å². The van der Waals surface area contributed by atoms with Crippen molar-refractivity contribution in [1.82, 2.24) is 0 Å². The number of hydrogen-bond acceptors (Lipinski definition) is 2. The smallest absolute Gasteiger partial charge is 0.222 e. The molecular formula is C23H47NO. The molecule has 2 heteroatoms. The number of unbranched alkanes of at least 4 members (excludes halogenated alkanes) is 19. The normalized spacial score (nSPS) is 10.2. The van der Waals surface area contributed by atoms with Gasteiger partial charge in [-0.3, -0.25) is 0 Å². The van der Waals surface area contributed by atoms with E-state index in [4.69, 9.17) is 10.2 Å². The van der Waals surface area contributed by atoms with E-state index in [1.165, 1.54) is 128 Å². The van der Waals surface area contributed by atoms with Crippen molar-refractivity contribution in [3.05, 3.63) is 0 Å². The Balaban J connectivity index is 0. The Hall–Kier alpha value is -0.620. The van der Waals surface area contributed by atoms with Gasteiger partial charge in [0.25, 0.3) is 0 Å². The maximum absolute atomic E-state index is 8.35. The predicted octanol–water partition coefficient (Wildman–Crippen LogP) is 8.73. The van der Waals surface area contributed by atoms with Crippen LogP contribution in [0.25, 0.3) is 0 Å². The lowest BCUT2D eigenvalue weighted by Crippen LogP contribution is -1.84. The van der Waals surface area contributed by atoms with Crippen LogP contribution in [0.5, 0.6) is 0 Å². The van der Waals surface area contributed by atoms with Crippen molar-refractivity contribution < 1.29 is 4.79 Å². The van der Waals surface area contributed by atoms with Crippen LogP contribution in [0.2, 0.25) is 0 Å². The Morgan fingerprint density at radius 3 is 0.680 bits per heavy atom. The molecule has 0 unspecified atom stereocenters. The molecule has 0 aromatic carbocycles. The summed E-state index contributed by atoms with van der Waals surface area (Å²) in [4.78, 5) is 8.35. The Morgan fingerprint density at radius 1 is 0.440 bits per heavy atom. The topological polar surface area (TPSA) is 40.9 Å². The Bertz CT molecular complexity index is 226. The predicted molar refractivity (Wildman–Crippen MR) is 112 cm³/mol. The molecule has 0 saturated heterocycles. The summed E-state index contributed by atoms with van der Waals surface area (Å²) >= 11 is 0. The van der Waals surface area contributed by atoms with Crippen LogP contribution in [0.15, 0.2) is 0 Å². The van der Waals surface area contributed by atoms with Crippen molar-refractivity contribution in [3.8, 4) is 0 Å². The molecule has 25 heavy (non-hydrogen) atoms. The standard InChI is InChI=1S/C22H46.CHNO/c1-3-5-7-9-11-13-15-17-19-21-22-20-18-16-14-12-10-8-6-4-2;2-1-3/h3-22H2,1-2H3;2H. The molecule has 0 aromatic heterocycles. The second kappa shape index (κ2) is 28.2. The van der Waals surface area contributed by atoms with Gasteiger partial charge < -0.3 is 0 Å². The summed E-state index contributed by atoms with van der Waals surface area (Å²) in [6.45, 7) is 4.60. The second-order valence-corrected chi connectivity index (χ2v) is 7.47. The van der Waals surface area contributed by atoms with Crippen molar-refractivity contribution in [2.75, 3.05) is 0 Å². The molecule has 0 saturated carbocycles. The number of rotatable bonds is 19. The lowest BCUT2D eigenvalue weighted by atomic mass is 10.0. The minimum atomic E-state index is 0.750. The van der Waals surface area contributed by atoms with Gasteiger partial charge in [0, 0.05) is 0 Å². The molecule has 0 fully saturated rings. The van der Waals surface area contributed by atoms with Crippen LogP contribution in [0.1, 0.15) is 142 Å². The summed E-state index contributed by atoms with van der Waals surface area (Å²) in [5.74, 6) is 0. The average molecular weight is 354 g/mol. The zero-order chi connectivity index (χ0) is 18.8. The molecule has 150 valence electrons. The summed E-state index contributed by atoms with van der Waals surface area (Å²) < 4.78 is 0. The van der Waals surface area contributed by atoms with Crippen LogP contribution in [0, 0.1) is 5.41 Å². The molecule has 2 nitrogen and oxygen atoms in total. The first-order valence-corrected chi connectivity index (χ1v) is 11.4. The highest BCUT2D eigenvalue weighted by atomic mass is 16.1. The highest BCUT2D eigenvalue weighted by Gasteiger charge is 1.94. The number of hydrogen-bond donors (Lipinski definition) is 1. The fraction of sp³-hybridized carbons (Fsp3) is 0.957. The van der Waals surface area contributed by atoms with Gasteiger partial charge >= 0.3 is 0 Å². The van der Waals surface area contributed by atoms with Gasteiger partial charge in [-0.2, -0.15) is 0 Å². The zero-order valence-corrected chi connectivity index (χ0v) is 17.6. The largest absolute Gasteiger partial charge is 0.231 e. The van der Waals surface area contributed by atoms with Gasteiger partial charge in [-0.25, -0.2) is 10.2 Å². The quantitative estimate of drug-likeness (QED) is 0.141. The van der Waals surface area contributed by atoms with Crippen molar-refractivity contribution in [3.63, 3.8) is 0 Å². The molecule has 0 aliphatic heterocycles. The molecule has 0 aliphatic rings. The van der Waals surface area contributed by atoms with E-state index in [2.05, 4.69) is 13.8 Å². The highest BCUT2D eigenvalue weighted by Crippen LogP contribution is 2.14. The van der Waals surface area contributed by atoms with Crippen LogP contribution in [0.3, 0.4) is 0 Å². The third-order valence-corrected chi connectivity index (χ3v) is 4.96. The first-order chi connectivity index (χ1) is 12.3.